The fourth-order valence-electron chi connectivity index (χ4n) is 3.05. The first-order chi connectivity index (χ1) is 12.6. The zero-order chi connectivity index (χ0) is 18.5. The molecule has 0 saturated carbocycles. The molecule has 26 heavy (non-hydrogen) atoms. The lowest BCUT2D eigenvalue weighted by Crippen LogP contribution is -2.32. The maximum absolute atomic E-state index is 12.7. The minimum Gasteiger partial charge on any atom is -0.492 e. The minimum atomic E-state index is -0.137. The number of halogens is 1. The van der Waals surface area contributed by atoms with Crippen molar-refractivity contribution in [3.63, 3.8) is 0 Å². The molecule has 1 aromatic carbocycles. The molecule has 0 bridgehead atoms. The minimum absolute atomic E-state index is 0.137. The van der Waals surface area contributed by atoms with Crippen LogP contribution in [0.3, 0.4) is 0 Å². The molecule has 7 nitrogen and oxygen atoms in total. The SMILES string of the molecule is Cc1c(C(=O)N(C)CCOc2ccc(Cl)cc2)nnn1C1CCNCC1. The van der Waals surface area contributed by atoms with Gasteiger partial charge in [0.2, 0.25) is 0 Å². The summed E-state index contributed by atoms with van der Waals surface area (Å²) in [6.07, 6.45) is 2.01. The number of ether oxygens (including phenoxy) is 1. The number of nitrogens with zero attached hydrogens (tertiary/aromatic N) is 4. The van der Waals surface area contributed by atoms with E-state index in [1.165, 1.54) is 0 Å². The Balaban J connectivity index is 1.56. The monoisotopic (exact) mass is 377 g/mol. The fourth-order valence-corrected chi connectivity index (χ4v) is 3.18. The second kappa shape index (κ2) is 8.51. The van der Waals surface area contributed by atoms with Crippen molar-refractivity contribution < 1.29 is 9.53 Å². The molecule has 2 aromatic rings. The van der Waals surface area contributed by atoms with Gasteiger partial charge in [0.1, 0.15) is 12.4 Å². The van der Waals surface area contributed by atoms with Crippen LogP contribution in [-0.2, 0) is 0 Å². The predicted octanol–water partition coefficient (Wildman–Crippen LogP) is 2.32. The third-order valence-electron chi connectivity index (χ3n) is 4.64. The van der Waals surface area contributed by atoms with E-state index in [4.69, 9.17) is 16.3 Å². The number of likely N-dealkylation sites (N-methyl/N-ethyl adjacent to an activating group) is 1. The third-order valence-corrected chi connectivity index (χ3v) is 4.89. The maximum atomic E-state index is 12.7. The molecule has 0 radical (unpaired) electrons. The van der Waals surface area contributed by atoms with E-state index in [1.807, 2.05) is 11.6 Å². The number of amides is 1. The van der Waals surface area contributed by atoms with Crippen molar-refractivity contribution in [1.29, 1.82) is 0 Å². The van der Waals surface area contributed by atoms with Crippen molar-refractivity contribution in [2.45, 2.75) is 25.8 Å². The summed E-state index contributed by atoms with van der Waals surface area (Å²) < 4.78 is 7.54. The van der Waals surface area contributed by atoms with Gasteiger partial charge < -0.3 is 15.0 Å². The van der Waals surface area contributed by atoms with Crippen LogP contribution in [0, 0.1) is 6.92 Å². The van der Waals surface area contributed by atoms with E-state index in [0.717, 1.165) is 37.4 Å². The summed E-state index contributed by atoms with van der Waals surface area (Å²) in [6, 6.07) is 7.46. The molecular weight excluding hydrogens is 354 g/mol. The Hall–Kier alpha value is -2.12. The summed E-state index contributed by atoms with van der Waals surface area (Å²) in [6.45, 7) is 4.70. The Morgan fingerprint density at radius 3 is 2.73 bits per heavy atom. The second-order valence-electron chi connectivity index (χ2n) is 6.48. The molecule has 1 fully saturated rings. The number of benzene rings is 1. The van der Waals surface area contributed by atoms with Gasteiger partial charge in [-0.25, -0.2) is 4.68 Å². The van der Waals surface area contributed by atoms with Gasteiger partial charge in [-0.2, -0.15) is 0 Å². The van der Waals surface area contributed by atoms with Gasteiger partial charge in [-0.1, -0.05) is 16.8 Å². The number of hydrogen-bond donors (Lipinski definition) is 1. The van der Waals surface area contributed by atoms with Gasteiger partial charge >= 0.3 is 0 Å². The summed E-state index contributed by atoms with van der Waals surface area (Å²) in [5.41, 5.74) is 1.24. The zero-order valence-electron chi connectivity index (χ0n) is 15.1. The molecule has 1 saturated heterocycles. The number of rotatable bonds is 6. The number of hydrogen-bond acceptors (Lipinski definition) is 5. The first-order valence-corrected chi connectivity index (χ1v) is 9.20. The Morgan fingerprint density at radius 2 is 2.04 bits per heavy atom. The smallest absolute Gasteiger partial charge is 0.276 e. The number of aromatic nitrogens is 3. The molecule has 0 aliphatic carbocycles. The third kappa shape index (κ3) is 4.34. The molecule has 0 spiro atoms. The van der Waals surface area contributed by atoms with E-state index in [9.17, 15) is 4.79 Å². The Labute approximate surface area is 158 Å². The lowest BCUT2D eigenvalue weighted by Gasteiger charge is -2.23. The van der Waals surface area contributed by atoms with E-state index in [2.05, 4.69) is 15.6 Å². The molecule has 0 unspecified atom stereocenters. The highest BCUT2D eigenvalue weighted by Crippen LogP contribution is 2.21. The van der Waals surface area contributed by atoms with Crippen molar-refractivity contribution >= 4 is 17.5 Å². The van der Waals surface area contributed by atoms with E-state index >= 15 is 0 Å². The van der Waals surface area contributed by atoms with Gasteiger partial charge in [0.25, 0.3) is 5.91 Å². The molecule has 140 valence electrons. The normalized spacial score (nSPS) is 15.0. The van der Waals surface area contributed by atoms with Crippen LogP contribution in [0.4, 0.5) is 0 Å². The van der Waals surface area contributed by atoms with Gasteiger partial charge in [-0.15, -0.1) is 5.10 Å². The molecule has 0 atom stereocenters. The van der Waals surface area contributed by atoms with Gasteiger partial charge in [-0.05, 0) is 57.1 Å². The number of carbonyl (C=O) groups excluding carboxylic acids is 1. The van der Waals surface area contributed by atoms with Crippen LogP contribution in [0.15, 0.2) is 24.3 Å². The topological polar surface area (TPSA) is 72.3 Å². The van der Waals surface area contributed by atoms with Crippen molar-refractivity contribution in [2.75, 3.05) is 33.3 Å². The van der Waals surface area contributed by atoms with Gasteiger partial charge in [0.05, 0.1) is 18.3 Å². The molecule has 1 aliphatic rings. The van der Waals surface area contributed by atoms with E-state index in [0.29, 0.717) is 29.9 Å². The highest BCUT2D eigenvalue weighted by Gasteiger charge is 2.24. The Bertz CT molecular complexity index is 741. The second-order valence-corrected chi connectivity index (χ2v) is 6.91. The molecule has 1 aliphatic heterocycles. The molecule has 1 N–H and O–H groups in total. The average molecular weight is 378 g/mol. The maximum Gasteiger partial charge on any atom is 0.276 e. The van der Waals surface area contributed by atoms with Gasteiger partial charge in [-0.3, -0.25) is 4.79 Å². The summed E-state index contributed by atoms with van der Waals surface area (Å²) in [5, 5.41) is 12.4. The quantitative estimate of drug-likeness (QED) is 0.836. The standard InChI is InChI=1S/C18H24ClN5O2/c1-13-17(21-22-24(13)15-7-9-20-10-8-15)18(25)23(2)11-12-26-16-5-3-14(19)4-6-16/h3-6,15,20H,7-12H2,1-2H3. The fraction of sp³-hybridized carbons (Fsp3) is 0.500. The van der Waals surface area contributed by atoms with Crippen molar-refractivity contribution in [3.8, 4) is 5.75 Å². The van der Waals surface area contributed by atoms with Crippen molar-refractivity contribution in [2.24, 2.45) is 0 Å². The van der Waals surface area contributed by atoms with Crippen LogP contribution in [0.5, 0.6) is 5.75 Å². The molecule has 8 heteroatoms. The molecule has 3 rings (SSSR count). The summed E-state index contributed by atoms with van der Waals surface area (Å²) in [5.74, 6) is 0.589. The molecule has 1 aromatic heterocycles. The van der Waals surface area contributed by atoms with Crippen LogP contribution < -0.4 is 10.1 Å². The molecular formula is C18H24ClN5O2. The van der Waals surface area contributed by atoms with Crippen molar-refractivity contribution in [3.05, 3.63) is 40.7 Å². The Morgan fingerprint density at radius 1 is 1.35 bits per heavy atom. The molecule has 1 amide bonds. The lowest BCUT2D eigenvalue weighted by molar-refractivity contribution is 0.0767. The number of nitrogens with one attached hydrogen (secondary N) is 1. The Kier molecular flexibility index (Phi) is 6.11. The largest absolute Gasteiger partial charge is 0.492 e. The van der Waals surface area contributed by atoms with E-state index in [-0.39, 0.29) is 5.91 Å². The summed E-state index contributed by atoms with van der Waals surface area (Å²) >= 11 is 5.85. The highest BCUT2D eigenvalue weighted by atomic mass is 35.5. The van der Waals surface area contributed by atoms with Gasteiger partial charge in [0.15, 0.2) is 5.69 Å². The van der Waals surface area contributed by atoms with Crippen LogP contribution in [-0.4, -0.2) is 59.1 Å². The van der Waals surface area contributed by atoms with E-state index < -0.39 is 0 Å². The van der Waals surface area contributed by atoms with Crippen LogP contribution in [0.1, 0.15) is 35.1 Å². The number of carbonyl (C=O) groups is 1. The molecule has 2 heterocycles. The first kappa shape index (κ1) is 18.7. The average Bonchev–Trinajstić information content (AvgIpc) is 3.04. The lowest BCUT2D eigenvalue weighted by atomic mass is 10.1. The highest BCUT2D eigenvalue weighted by molar-refractivity contribution is 6.30. The van der Waals surface area contributed by atoms with Gasteiger partial charge in [0, 0.05) is 12.1 Å². The van der Waals surface area contributed by atoms with Crippen molar-refractivity contribution in [1.82, 2.24) is 25.2 Å². The van der Waals surface area contributed by atoms with E-state index in [1.54, 1.807) is 36.2 Å². The summed E-state index contributed by atoms with van der Waals surface area (Å²) in [4.78, 5) is 14.3. The number of piperidine rings is 1. The zero-order valence-corrected chi connectivity index (χ0v) is 15.9. The van der Waals surface area contributed by atoms with Crippen LogP contribution in [0.2, 0.25) is 5.02 Å². The van der Waals surface area contributed by atoms with Crippen LogP contribution in [0.25, 0.3) is 0 Å². The predicted molar refractivity (Wildman–Crippen MR) is 99.8 cm³/mol. The van der Waals surface area contributed by atoms with Crippen LogP contribution >= 0.6 is 11.6 Å². The summed E-state index contributed by atoms with van der Waals surface area (Å²) in [7, 11) is 1.75. The first-order valence-electron chi connectivity index (χ1n) is 8.82.